The summed E-state index contributed by atoms with van der Waals surface area (Å²) >= 11 is 0. The van der Waals surface area contributed by atoms with Crippen LogP contribution >= 0.6 is 0 Å². The highest BCUT2D eigenvalue weighted by Gasteiger charge is 2.26. The number of aromatic hydroxyl groups is 1. The second-order valence-corrected chi connectivity index (χ2v) is 6.89. The van der Waals surface area contributed by atoms with E-state index in [0.717, 1.165) is 36.9 Å². The summed E-state index contributed by atoms with van der Waals surface area (Å²) < 4.78 is 5.84. The summed E-state index contributed by atoms with van der Waals surface area (Å²) in [5.74, 6) is 0.738. The van der Waals surface area contributed by atoms with Crippen LogP contribution in [0.1, 0.15) is 61.2 Å². The number of carbonyl (C=O) groups is 1. The van der Waals surface area contributed by atoms with Crippen molar-refractivity contribution in [1.29, 1.82) is 0 Å². The molecule has 0 radical (unpaired) electrons. The molecule has 5 nitrogen and oxygen atoms in total. The van der Waals surface area contributed by atoms with Gasteiger partial charge in [0, 0.05) is 23.5 Å². The highest BCUT2D eigenvalue weighted by atomic mass is 16.3. The van der Waals surface area contributed by atoms with Gasteiger partial charge in [0.2, 0.25) is 0 Å². The molecule has 0 atom stereocenters. The number of amides is 1. The maximum absolute atomic E-state index is 12.9. The van der Waals surface area contributed by atoms with Gasteiger partial charge in [0.15, 0.2) is 0 Å². The molecule has 2 aromatic rings. The second kappa shape index (κ2) is 7.48. The van der Waals surface area contributed by atoms with E-state index in [0.29, 0.717) is 23.5 Å². The van der Waals surface area contributed by atoms with Gasteiger partial charge in [0.1, 0.15) is 17.1 Å². The van der Waals surface area contributed by atoms with Crippen LogP contribution in [0.5, 0.6) is 5.75 Å². The van der Waals surface area contributed by atoms with Crippen molar-refractivity contribution in [3.63, 3.8) is 0 Å². The Labute approximate surface area is 149 Å². The van der Waals surface area contributed by atoms with Crippen molar-refractivity contribution in [3.8, 4) is 5.75 Å². The van der Waals surface area contributed by atoms with E-state index in [1.54, 1.807) is 12.1 Å². The van der Waals surface area contributed by atoms with Crippen molar-refractivity contribution in [1.82, 2.24) is 10.2 Å². The zero-order valence-corrected chi connectivity index (χ0v) is 15.4. The van der Waals surface area contributed by atoms with Gasteiger partial charge in [-0.1, -0.05) is 26.7 Å². The number of phenols is 1. The summed E-state index contributed by atoms with van der Waals surface area (Å²) in [5, 5.41) is 14.3. The second-order valence-electron chi connectivity index (χ2n) is 6.89. The third-order valence-electron chi connectivity index (χ3n) is 5.31. The predicted octanol–water partition coefficient (Wildman–Crippen LogP) is 3.96. The highest BCUT2D eigenvalue weighted by Crippen LogP contribution is 2.35. The standard InChI is InChI=1S/C20H28N2O3/c1-4-22(5-2)12-15-16(23)10-11-17-19(15)18(13(3)25-17)20(24)21-14-8-6-7-9-14/h10-11,14,23H,4-9,12H2,1-3H3,(H,21,24). The number of carbonyl (C=O) groups excluding carboxylic acids is 1. The van der Waals surface area contributed by atoms with Crippen molar-refractivity contribution >= 4 is 16.9 Å². The number of phenolic OH excluding ortho intramolecular Hbond substituents is 1. The summed E-state index contributed by atoms with van der Waals surface area (Å²) in [4.78, 5) is 15.1. The molecule has 3 rings (SSSR count). The molecule has 0 aliphatic heterocycles. The lowest BCUT2D eigenvalue weighted by atomic mass is 10.0. The lowest BCUT2D eigenvalue weighted by Gasteiger charge is -2.19. The Balaban J connectivity index is 2.03. The monoisotopic (exact) mass is 344 g/mol. The van der Waals surface area contributed by atoms with Crippen molar-refractivity contribution in [3.05, 3.63) is 29.0 Å². The van der Waals surface area contributed by atoms with E-state index in [4.69, 9.17) is 4.42 Å². The van der Waals surface area contributed by atoms with E-state index >= 15 is 0 Å². The molecule has 1 saturated carbocycles. The molecule has 136 valence electrons. The number of furan rings is 1. The molecule has 2 N–H and O–H groups in total. The van der Waals surface area contributed by atoms with Crippen LogP contribution < -0.4 is 5.32 Å². The van der Waals surface area contributed by atoms with Crippen LogP contribution in [0.3, 0.4) is 0 Å². The minimum absolute atomic E-state index is 0.0884. The summed E-state index contributed by atoms with van der Waals surface area (Å²) in [6, 6.07) is 3.65. The number of benzene rings is 1. The van der Waals surface area contributed by atoms with E-state index in [-0.39, 0.29) is 17.7 Å². The number of hydrogen-bond donors (Lipinski definition) is 2. The first-order valence-electron chi connectivity index (χ1n) is 9.32. The van der Waals surface area contributed by atoms with Crippen molar-refractivity contribution in [2.45, 2.75) is 59.0 Å². The Kier molecular flexibility index (Phi) is 5.33. The number of rotatable bonds is 6. The maximum Gasteiger partial charge on any atom is 0.255 e. The fourth-order valence-electron chi connectivity index (χ4n) is 3.80. The maximum atomic E-state index is 12.9. The number of hydrogen-bond acceptors (Lipinski definition) is 4. The SMILES string of the molecule is CCN(CC)Cc1c(O)ccc2oc(C)c(C(=O)NC3CCCC3)c12. The lowest BCUT2D eigenvalue weighted by molar-refractivity contribution is 0.0937. The number of nitrogens with one attached hydrogen (secondary N) is 1. The van der Waals surface area contributed by atoms with E-state index in [1.165, 1.54) is 12.8 Å². The first-order valence-corrected chi connectivity index (χ1v) is 9.32. The minimum atomic E-state index is -0.0884. The molecular formula is C20H28N2O3. The van der Waals surface area contributed by atoms with Crippen LogP contribution in [-0.2, 0) is 6.54 Å². The van der Waals surface area contributed by atoms with E-state index < -0.39 is 0 Å². The quantitative estimate of drug-likeness (QED) is 0.832. The first kappa shape index (κ1) is 17.8. The Bertz CT molecular complexity index is 756. The van der Waals surface area contributed by atoms with Crippen LogP contribution in [0.2, 0.25) is 0 Å². The molecule has 1 aromatic carbocycles. The van der Waals surface area contributed by atoms with Gasteiger partial charge in [-0.3, -0.25) is 9.69 Å². The molecule has 1 heterocycles. The molecule has 1 amide bonds. The van der Waals surface area contributed by atoms with Crippen LogP contribution in [0.25, 0.3) is 11.0 Å². The van der Waals surface area contributed by atoms with Crippen LogP contribution in [0.4, 0.5) is 0 Å². The van der Waals surface area contributed by atoms with Gasteiger partial charge in [-0.05, 0) is 45.0 Å². The largest absolute Gasteiger partial charge is 0.508 e. The molecule has 0 spiro atoms. The van der Waals surface area contributed by atoms with Crippen LogP contribution in [0.15, 0.2) is 16.5 Å². The van der Waals surface area contributed by atoms with E-state index in [9.17, 15) is 9.90 Å². The van der Waals surface area contributed by atoms with Gasteiger partial charge in [-0.25, -0.2) is 0 Å². The molecule has 5 heteroatoms. The topological polar surface area (TPSA) is 65.7 Å². The average molecular weight is 344 g/mol. The predicted molar refractivity (Wildman–Crippen MR) is 99.0 cm³/mol. The summed E-state index contributed by atoms with van der Waals surface area (Å²) in [5.41, 5.74) is 2.00. The number of fused-ring (bicyclic) bond motifs is 1. The Morgan fingerprint density at radius 2 is 1.96 bits per heavy atom. The third-order valence-corrected chi connectivity index (χ3v) is 5.31. The zero-order valence-electron chi connectivity index (χ0n) is 15.4. The molecule has 0 bridgehead atoms. The molecule has 1 aliphatic carbocycles. The van der Waals surface area contributed by atoms with Crippen LogP contribution in [0, 0.1) is 6.92 Å². The Hall–Kier alpha value is -2.01. The molecule has 0 saturated heterocycles. The summed E-state index contributed by atoms with van der Waals surface area (Å²) in [6.45, 7) is 8.37. The lowest BCUT2D eigenvalue weighted by Crippen LogP contribution is -2.33. The molecule has 0 unspecified atom stereocenters. The summed E-state index contributed by atoms with van der Waals surface area (Å²) in [6.07, 6.45) is 4.42. The molecule has 1 aliphatic rings. The molecular weight excluding hydrogens is 316 g/mol. The first-order chi connectivity index (χ1) is 12.0. The van der Waals surface area contributed by atoms with Gasteiger partial charge in [-0.2, -0.15) is 0 Å². The smallest absolute Gasteiger partial charge is 0.255 e. The Morgan fingerprint density at radius 1 is 1.28 bits per heavy atom. The van der Waals surface area contributed by atoms with E-state index in [1.807, 2.05) is 6.92 Å². The minimum Gasteiger partial charge on any atom is -0.508 e. The van der Waals surface area contributed by atoms with Crippen molar-refractivity contribution in [2.75, 3.05) is 13.1 Å². The number of aryl methyl sites for hydroxylation is 1. The van der Waals surface area contributed by atoms with Crippen LogP contribution in [-0.4, -0.2) is 35.0 Å². The number of nitrogens with zero attached hydrogens (tertiary/aromatic N) is 1. The fourth-order valence-corrected chi connectivity index (χ4v) is 3.80. The molecule has 1 fully saturated rings. The Morgan fingerprint density at radius 3 is 2.60 bits per heavy atom. The normalized spacial score (nSPS) is 15.4. The van der Waals surface area contributed by atoms with E-state index in [2.05, 4.69) is 24.1 Å². The van der Waals surface area contributed by atoms with Gasteiger partial charge in [-0.15, -0.1) is 0 Å². The van der Waals surface area contributed by atoms with Crippen molar-refractivity contribution < 1.29 is 14.3 Å². The highest BCUT2D eigenvalue weighted by molar-refractivity contribution is 6.09. The zero-order chi connectivity index (χ0) is 18.0. The van der Waals surface area contributed by atoms with Gasteiger partial charge in [0.05, 0.1) is 5.56 Å². The van der Waals surface area contributed by atoms with Gasteiger partial charge >= 0.3 is 0 Å². The summed E-state index contributed by atoms with van der Waals surface area (Å²) in [7, 11) is 0. The van der Waals surface area contributed by atoms with Crippen molar-refractivity contribution in [2.24, 2.45) is 0 Å². The average Bonchev–Trinajstić information content (AvgIpc) is 3.21. The molecule has 25 heavy (non-hydrogen) atoms. The van der Waals surface area contributed by atoms with Gasteiger partial charge in [0.25, 0.3) is 5.91 Å². The fraction of sp³-hybridized carbons (Fsp3) is 0.550. The van der Waals surface area contributed by atoms with Gasteiger partial charge < -0.3 is 14.8 Å². The third kappa shape index (κ3) is 3.52. The molecule has 1 aromatic heterocycles.